The number of hydrogen-bond donors (Lipinski definition) is 0. The maximum Gasteiger partial charge on any atom is 0.184 e. The molecular formula is C16H11Cl2NO2S2. The van der Waals surface area contributed by atoms with Crippen molar-refractivity contribution in [3.63, 3.8) is 0 Å². The van der Waals surface area contributed by atoms with E-state index in [1.54, 1.807) is 24.3 Å². The van der Waals surface area contributed by atoms with E-state index < -0.39 is 9.84 Å². The summed E-state index contributed by atoms with van der Waals surface area (Å²) in [6.45, 7) is 0. The maximum atomic E-state index is 12.4. The monoisotopic (exact) mass is 383 g/mol. The van der Waals surface area contributed by atoms with E-state index in [1.807, 2.05) is 17.5 Å². The van der Waals surface area contributed by atoms with Gasteiger partial charge in [0.1, 0.15) is 10.8 Å². The van der Waals surface area contributed by atoms with Crippen LogP contribution in [-0.4, -0.2) is 13.4 Å². The summed E-state index contributed by atoms with van der Waals surface area (Å²) in [4.78, 5) is 4.65. The van der Waals surface area contributed by atoms with E-state index in [4.69, 9.17) is 23.2 Å². The molecule has 0 spiro atoms. The average molecular weight is 384 g/mol. The zero-order valence-electron chi connectivity index (χ0n) is 11.7. The fourth-order valence-corrected chi connectivity index (χ4v) is 4.70. The molecule has 0 radical (unpaired) electrons. The van der Waals surface area contributed by atoms with Gasteiger partial charge in [0.25, 0.3) is 0 Å². The fraction of sp³-hybridized carbons (Fsp3) is 0.0625. The van der Waals surface area contributed by atoms with E-state index in [0.29, 0.717) is 15.1 Å². The summed E-state index contributed by atoms with van der Waals surface area (Å²) in [6, 6.07) is 13.4. The molecule has 3 rings (SSSR count). The van der Waals surface area contributed by atoms with Crippen molar-refractivity contribution in [1.29, 1.82) is 0 Å². The van der Waals surface area contributed by atoms with Gasteiger partial charge in [0.2, 0.25) is 0 Å². The molecule has 0 saturated heterocycles. The van der Waals surface area contributed by atoms with Crippen molar-refractivity contribution in [2.24, 2.45) is 0 Å². The molecular weight excluding hydrogens is 373 g/mol. The molecule has 0 fully saturated rings. The Morgan fingerprint density at radius 1 is 0.913 bits per heavy atom. The highest BCUT2D eigenvalue weighted by Gasteiger charge is 2.18. The molecule has 7 heteroatoms. The number of thiazole rings is 1. The minimum absolute atomic E-state index is 0.132. The minimum atomic E-state index is -3.44. The van der Waals surface area contributed by atoms with E-state index in [2.05, 4.69) is 4.98 Å². The van der Waals surface area contributed by atoms with Crippen molar-refractivity contribution in [2.45, 2.75) is 10.6 Å². The van der Waals surface area contributed by atoms with Gasteiger partial charge in [-0.25, -0.2) is 13.4 Å². The van der Waals surface area contributed by atoms with E-state index in [9.17, 15) is 8.42 Å². The molecule has 0 N–H and O–H groups in total. The molecule has 0 atom stereocenters. The Morgan fingerprint density at radius 2 is 1.48 bits per heavy atom. The van der Waals surface area contributed by atoms with Crippen LogP contribution >= 0.6 is 34.5 Å². The SMILES string of the molecule is O=S(=O)(Cc1nc(-c2ccc(Cl)cc2)cs1)c1ccc(Cl)cc1. The number of hydrogen-bond acceptors (Lipinski definition) is 4. The quantitative estimate of drug-likeness (QED) is 0.630. The number of nitrogens with zero attached hydrogens (tertiary/aromatic N) is 1. The summed E-state index contributed by atoms with van der Waals surface area (Å²) in [5, 5.41) is 3.54. The van der Waals surface area contributed by atoms with Crippen LogP contribution in [0.1, 0.15) is 5.01 Å². The van der Waals surface area contributed by atoms with Crippen molar-refractivity contribution < 1.29 is 8.42 Å². The van der Waals surface area contributed by atoms with Crippen LogP contribution in [0.3, 0.4) is 0 Å². The van der Waals surface area contributed by atoms with Crippen molar-refractivity contribution in [3.8, 4) is 11.3 Å². The second kappa shape index (κ2) is 6.61. The number of rotatable bonds is 4. The van der Waals surface area contributed by atoms with Crippen LogP contribution < -0.4 is 0 Å². The minimum Gasteiger partial charge on any atom is -0.240 e. The molecule has 0 saturated carbocycles. The average Bonchev–Trinajstić information content (AvgIpc) is 2.96. The van der Waals surface area contributed by atoms with Gasteiger partial charge in [0.05, 0.1) is 10.6 Å². The third-order valence-electron chi connectivity index (χ3n) is 3.18. The Bertz CT molecular complexity index is 917. The van der Waals surface area contributed by atoms with Gasteiger partial charge in [-0.3, -0.25) is 0 Å². The first kappa shape index (κ1) is 16.5. The molecule has 118 valence electrons. The number of sulfone groups is 1. The van der Waals surface area contributed by atoms with Gasteiger partial charge in [-0.15, -0.1) is 11.3 Å². The lowest BCUT2D eigenvalue weighted by Crippen LogP contribution is -2.04. The van der Waals surface area contributed by atoms with Gasteiger partial charge >= 0.3 is 0 Å². The first-order valence-electron chi connectivity index (χ1n) is 6.63. The molecule has 3 nitrogen and oxygen atoms in total. The Kier molecular flexibility index (Phi) is 4.73. The smallest absolute Gasteiger partial charge is 0.184 e. The first-order chi connectivity index (χ1) is 10.9. The van der Waals surface area contributed by atoms with Gasteiger partial charge in [0, 0.05) is 21.0 Å². The lowest BCUT2D eigenvalue weighted by atomic mass is 10.2. The molecule has 0 aliphatic rings. The molecule has 0 unspecified atom stereocenters. The number of halogens is 2. The van der Waals surface area contributed by atoms with Gasteiger partial charge in [0.15, 0.2) is 9.84 Å². The summed E-state index contributed by atoms with van der Waals surface area (Å²) in [5.41, 5.74) is 1.65. The third-order valence-corrected chi connectivity index (χ3v) is 6.36. The van der Waals surface area contributed by atoms with Crippen molar-refractivity contribution >= 4 is 44.4 Å². The third kappa shape index (κ3) is 3.93. The van der Waals surface area contributed by atoms with Crippen LogP contribution in [0.2, 0.25) is 10.0 Å². The molecule has 0 aliphatic heterocycles. The maximum absolute atomic E-state index is 12.4. The van der Waals surface area contributed by atoms with Gasteiger partial charge in [-0.2, -0.15) is 0 Å². The summed E-state index contributed by atoms with van der Waals surface area (Å²) in [5.74, 6) is -0.132. The van der Waals surface area contributed by atoms with E-state index in [-0.39, 0.29) is 10.6 Å². The summed E-state index contributed by atoms with van der Waals surface area (Å²) in [7, 11) is -3.44. The van der Waals surface area contributed by atoms with Crippen LogP contribution in [-0.2, 0) is 15.6 Å². The Balaban J connectivity index is 1.83. The van der Waals surface area contributed by atoms with Gasteiger partial charge < -0.3 is 0 Å². The summed E-state index contributed by atoms with van der Waals surface area (Å²) in [6.07, 6.45) is 0. The Hall–Kier alpha value is -1.40. The lowest BCUT2D eigenvalue weighted by molar-refractivity contribution is 0.595. The van der Waals surface area contributed by atoms with E-state index >= 15 is 0 Å². The highest BCUT2D eigenvalue weighted by Crippen LogP contribution is 2.26. The Morgan fingerprint density at radius 3 is 2.09 bits per heavy atom. The molecule has 0 amide bonds. The fourth-order valence-electron chi connectivity index (χ4n) is 2.02. The Labute approximate surface area is 148 Å². The standard InChI is InChI=1S/C16H11Cl2NO2S2/c17-12-3-1-11(2-4-12)15-9-22-16(19-15)10-23(20,21)14-7-5-13(18)6-8-14/h1-9H,10H2. The van der Waals surface area contributed by atoms with Crippen molar-refractivity contribution in [1.82, 2.24) is 4.98 Å². The second-order valence-electron chi connectivity index (χ2n) is 4.85. The van der Waals surface area contributed by atoms with Crippen LogP contribution in [0.25, 0.3) is 11.3 Å². The van der Waals surface area contributed by atoms with Crippen LogP contribution in [0, 0.1) is 0 Å². The van der Waals surface area contributed by atoms with Gasteiger partial charge in [-0.05, 0) is 36.4 Å². The molecule has 0 bridgehead atoms. The normalized spacial score (nSPS) is 11.6. The van der Waals surface area contributed by atoms with Gasteiger partial charge in [-0.1, -0.05) is 35.3 Å². The molecule has 3 aromatic rings. The second-order valence-corrected chi connectivity index (χ2v) is 8.65. The van der Waals surface area contributed by atoms with Crippen LogP contribution in [0.4, 0.5) is 0 Å². The topological polar surface area (TPSA) is 47.0 Å². The zero-order valence-corrected chi connectivity index (χ0v) is 14.9. The number of aromatic nitrogens is 1. The number of benzene rings is 2. The van der Waals surface area contributed by atoms with Crippen molar-refractivity contribution in [3.05, 3.63) is 69.0 Å². The molecule has 23 heavy (non-hydrogen) atoms. The van der Waals surface area contributed by atoms with E-state index in [1.165, 1.54) is 23.5 Å². The molecule has 1 heterocycles. The summed E-state index contributed by atoms with van der Waals surface area (Å²) >= 11 is 13.0. The summed E-state index contributed by atoms with van der Waals surface area (Å²) < 4.78 is 24.8. The highest BCUT2D eigenvalue weighted by molar-refractivity contribution is 7.90. The predicted octanol–water partition coefficient (Wildman–Crippen LogP) is 5.09. The van der Waals surface area contributed by atoms with Crippen molar-refractivity contribution in [2.75, 3.05) is 0 Å². The lowest BCUT2D eigenvalue weighted by Gasteiger charge is -2.02. The molecule has 1 aromatic heterocycles. The first-order valence-corrected chi connectivity index (χ1v) is 9.91. The largest absolute Gasteiger partial charge is 0.240 e. The zero-order chi connectivity index (χ0) is 16.4. The molecule has 2 aromatic carbocycles. The van der Waals surface area contributed by atoms with Crippen LogP contribution in [0.5, 0.6) is 0 Å². The van der Waals surface area contributed by atoms with Crippen LogP contribution in [0.15, 0.2) is 58.8 Å². The van der Waals surface area contributed by atoms with E-state index in [0.717, 1.165) is 11.3 Å². The highest BCUT2D eigenvalue weighted by atomic mass is 35.5. The molecule has 0 aliphatic carbocycles. The predicted molar refractivity (Wildman–Crippen MR) is 94.9 cm³/mol.